The van der Waals surface area contributed by atoms with E-state index < -0.39 is 0 Å². The summed E-state index contributed by atoms with van der Waals surface area (Å²) in [5.41, 5.74) is 7.66. The number of thiophene rings is 1. The molecule has 0 bridgehead atoms. The van der Waals surface area contributed by atoms with Gasteiger partial charge in [0.1, 0.15) is 0 Å². The van der Waals surface area contributed by atoms with Crippen LogP contribution in [-0.4, -0.2) is 9.89 Å². The van der Waals surface area contributed by atoms with Gasteiger partial charge in [-0.2, -0.15) is 21.2 Å². The molecular formula is C18H14ClN3S. The lowest BCUT2D eigenvalue weighted by atomic mass is 10.0. The van der Waals surface area contributed by atoms with Crippen molar-refractivity contribution in [2.75, 3.05) is 5.43 Å². The molecule has 0 unspecified atom stereocenters. The Labute approximate surface area is 143 Å². The Morgan fingerprint density at radius 1 is 1.13 bits per heavy atom. The van der Waals surface area contributed by atoms with E-state index in [1.807, 2.05) is 30.5 Å². The highest BCUT2D eigenvalue weighted by Gasteiger charge is 2.09. The molecule has 2 aromatic heterocycles. The normalized spacial score (nSPS) is 11.0. The van der Waals surface area contributed by atoms with Crippen molar-refractivity contribution in [2.24, 2.45) is 0 Å². The Balaban J connectivity index is 1.69. The molecule has 0 saturated carbocycles. The third-order valence-electron chi connectivity index (χ3n) is 3.75. The highest BCUT2D eigenvalue weighted by molar-refractivity contribution is 7.07. The van der Waals surface area contributed by atoms with Crippen molar-refractivity contribution in [3.05, 3.63) is 76.1 Å². The molecule has 4 aromatic rings. The Morgan fingerprint density at radius 3 is 2.78 bits per heavy atom. The average Bonchev–Trinajstić information content (AvgIpc) is 3.22. The predicted octanol–water partition coefficient (Wildman–Crippen LogP) is 5.16. The summed E-state index contributed by atoms with van der Waals surface area (Å²) in [4.78, 5) is 1.79. The molecule has 0 aliphatic carbocycles. The van der Waals surface area contributed by atoms with E-state index in [0.29, 0.717) is 0 Å². The predicted molar refractivity (Wildman–Crippen MR) is 97.6 cm³/mol. The van der Waals surface area contributed by atoms with E-state index in [0.717, 1.165) is 33.6 Å². The van der Waals surface area contributed by atoms with Crippen LogP contribution in [0, 0.1) is 0 Å². The molecule has 0 amide bonds. The first-order valence-corrected chi connectivity index (χ1v) is 8.61. The van der Waals surface area contributed by atoms with E-state index in [-0.39, 0.29) is 0 Å². The van der Waals surface area contributed by atoms with Gasteiger partial charge in [-0.05, 0) is 40.1 Å². The monoisotopic (exact) mass is 339 g/mol. The van der Waals surface area contributed by atoms with Crippen molar-refractivity contribution in [3.8, 4) is 11.1 Å². The lowest BCUT2D eigenvalue weighted by Crippen LogP contribution is -2.15. The molecule has 2 aromatic carbocycles. The average molecular weight is 340 g/mol. The molecule has 5 heteroatoms. The van der Waals surface area contributed by atoms with Crippen LogP contribution in [0.2, 0.25) is 5.02 Å². The van der Waals surface area contributed by atoms with Crippen LogP contribution in [0.5, 0.6) is 0 Å². The highest BCUT2D eigenvalue weighted by Crippen LogP contribution is 2.31. The van der Waals surface area contributed by atoms with Gasteiger partial charge in [0.15, 0.2) is 0 Å². The molecule has 3 nitrogen and oxygen atoms in total. The van der Waals surface area contributed by atoms with Crippen LogP contribution in [0.3, 0.4) is 0 Å². The number of aromatic nitrogens is 2. The second-order valence-corrected chi connectivity index (χ2v) is 6.47. The lowest BCUT2D eigenvalue weighted by molar-refractivity contribution is 0.757. The number of rotatable bonds is 4. The van der Waals surface area contributed by atoms with Crippen LogP contribution in [0.1, 0.15) is 5.56 Å². The Bertz CT molecular complexity index is 930. The molecule has 2 heterocycles. The van der Waals surface area contributed by atoms with Crippen LogP contribution in [0.25, 0.3) is 22.0 Å². The molecular weight excluding hydrogens is 326 g/mol. The third-order valence-corrected chi connectivity index (χ3v) is 4.80. The summed E-state index contributed by atoms with van der Waals surface area (Å²) in [7, 11) is 0. The summed E-state index contributed by atoms with van der Waals surface area (Å²) in [6.07, 6.45) is 1.86. The van der Waals surface area contributed by atoms with Gasteiger partial charge in [-0.15, -0.1) is 0 Å². The molecule has 0 aliphatic heterocycles. The highest BCUT2D eigenvalue weighted by atomic mass is 35.5. The fourth-order valence-corrected chi connectivity index (χ4v) is 3.51. The minimum atomic E-state index is 0.725. The van der Waals surface area contributed by atoms with Crippen molar-refractivity contribution in [1.82, 2.24) is 9.89 Å². The molecule has 23 heavy (non-hydrogen) atoms. The smallest absolute Gasteiger partial charge is 0.0933 e. The van der Waals surface area contributed by atoms with Gasteiger partial charge in [-0.25, -0.2) is 0 Å². The largest absolute Gasteiger partial charge is 0.305 e. The van der Waals surface area contributed by atoms with E-state index in [1.54, 1.807) is 16.1 Å². The number of hydrogen-bond acceptors (Lipinski definition) is 3. The minimum Gasteiger partial charge on any atom is -0.305 e. The number of hydrogen-bond donors (Lipinski definition) is 1. The zero-order valence-corrected chi connectivity index (χ0v) is 13.8. The van der Waals surface area contributed by atoms with Crippen molar-refractivity contribution in [2.45, 2.75) is 6.54 Å². The van der Waals surface area contributed by atoms with Crippen LogP contribution in [-0.2, 0) is 6.54 Å². The van der Waals surface area contributed by atoms with Crippen molar-refractivity contribution in [3.63, 3.8) is 0 Å². The zero-order chi connectivity index (χ0) is 15.6. The minimum absolute atomic E-state index is 0.725. The fraction of sp³-hybridized carbons (Fsp3) is 0.0556. The first kappa shape index (κ1) is 14.3. The summed E-state index contributed by atoms with van der Waals surface area (Å²) >= 11 is 8.19. The van der Waals surface area contributed by atoms with Gasteiger partial charge in [-0.3, -0.25) is 0 Å². The molecule has 0 atom stereocenters. The molecule has 114 valence electrons. The van der Waals surface area contributed by atoms with Crippen LogP contribution in [0.4, 0.5) is 0 Å². The van der Waals surface area contributed by atoms with Crippen LogP contribution in [0.15, 0.2) is 65.5 Å². The summed E-state index contributed by atoms with van der Waals surface area (Å²) < 4.78 is 0. The maximum absolute atomic E-state index is 6.50. The van der Waals surface area contributed by atoms with E-state index in [2.05, 4.69) is 45.6 Å². The lowest BCUT2D eigenvalue weighted by Gasteiger charge is -2.08. The van der Waals surface area contributed by atoms with Crippen LogP contribution < -0.4 is 5.43 Å². The Hall–Kier alpha value is -2.30. The van der Waals surface area contributed by atoms with Crippen LogP contribution >= 0.6 is 22.9 Å². The number of nitrogens with zero attached hydrogens (tertiary/aromatic N) is 2. The second-order valence-electron chi connectivity index (χ2n) is 5.28. The van der Waals surface area contributed by atoms with Crippen molar-refractivity contribution < 1.29 is 0 Å². The van der Waals surface area contributed by atoms with Crippen molar-refractivity contribution in [1.29, 1.82) is 0 Å². The number of nitrogens with one attached hydrogen (secondary N) is 1. The zero-order valence-electron chi connectivity index (χ0n) is 12.2. The molecule has 0 aliphatic rings. The van der Waals surface area contributed by atoms with Gasteiger partial charge in [0, 0.05) is 10.9 Å². The van der Waals surface area contributed by atoms with Crippen molar-refractivity contribution >= 4 is 33.8 Å². The summed E-state index contributed by atoms with van der Waals surface area (Å²) in [5.74, 6) is 0. The van der Waals surface area contributed by atoms with Gasteiger partial charge in [0.2, 0.25) is 0 Å². The Kier molecular flexibility index (Phi) is 3.77. The van der Waals surface area contributed by atoms with E-state index in [9.17, 15) is 0 Å². The number of fused-ring (bicyclic) bond motifs is 1. The molecule has 4 rings (SSSR count). The maximum atomic E-state index is 6.50. The first-order chi connectivity index (χ1) is 11.3. The van der Waals surface area contributed by atoms with E-state index >= 15 is 0 Å². The van der Waals surface area contributed by atoms with Gasteiger partial charge >= 0.3 is 0 Å². The quantitative estimate of drug-likeness (QED) is 0.556. The molecule has 0 spiro atoms. The molecule has 0 fully saturated rings. The first-order valence-electron chi connectivity index (χ1n) is 7.29. The van der Waals surface area contributed by atoms with E-state index in [4.69, 9.17) is 11.6 Å². The fourth-order valence-electron chi connectivity index (χ4n) is 2.57. The molecule has 0 radical (unpaired) electrons. The van der Waals surface area contributed by atoms with Gasteiger partial charge in [0.25, 0.3) is 0 Å². The number of benzene rings is 2. The third kappa shape index (κ3) is 2.83. The molecule has 0 saturated heterocycles. The summed E-state index contributed by atoms with van der Waals surface area (Å²) in [6.45, 7) is 0.734. The molecule has 1 N–H and O–H groups in total. The van der Waals surface area contributed by atoms with E-state index in [1.165, 1.54) is 5.56 Å². The summed E-state index contributed by atoms with van der Waals surface area (Å²) in [5, 5.41) is 10.4. The standard InChI is InChI=1S/C18H14ClN3S/c19-17-9-18-15(8-16(17)14-4-2-1-3-5-14)11-21-22(18)20-10-13-6-7-23-12-13/h1-9,11-12,20H,10H2. The number of halogens is 1. The van der Waals surface area contributed by atoms with Gasteiger partial charge in [0.05, 0.1) is 23.3 Å². The SMILES string of the molecule is Clc1cc2c(cnn2NCc2ccsc2)cc1-c1ccccc1. The topological polar surface area (TPSA) is 29.9 Å². The maximum Gasteiger partial charge on any atom is 0.0933 e. The second kappa shape index (κ2) is 6.07. The Morgan fingerprint density at radius 2 is 2.00 bits per heavy atom. The van der Waals surface area contributed by atoms with Gasteiger partial charge in [-0.1, -0.05) is 41.9 Å². The van der Waals surface area contributed by atoms with Gasteiger partial charge < -0.3 is 5.43 Å². The summed E-state index contributed by atoms with van der Waals surface area (Å²) in [6, 6.07) is 16.3.